The lowest BCUT2D eigenvalue weighted by Crippen LogP contribution is -2.16. The molecule has 3 rings (SSSR count). The fourth-order valence-corrected chi connectivity index (χ4v) is 4.09. The number of fused-ring (bicyclic) bond motifs is 1. The highest BCUT2D eigenvalue weighted by molar-refractivity contribution is 6.45. The van der Waals surface area contributed by atoms with Gasteiger partial charge in [-0.25, -0.2) is 4.79 Å². The number of hydrogen-bond acceptors (Lipinski definition) is 3. The first-order valence-corrected chi connectivity index (χ1v) is 8.24. The van der Waals surface area contributed by atoms with Crippen molar-refractivity contribution in [1.29, 1.82) is 0 Å². The smallest absolute Gasteiger partial charge is 0.341 e. The van der Waals surface area contributed by atoms with Gasteiger partial charge in [-0.3, -0.25) is 4.79 Å². The van der Waals surface area contributed by atoms with Gasteiger partial charge in [-0.2, -0.15) is 0 Å². The third-order valence-corrected chi connectivity index (χ3v) is 5.47. The van der Waals surface area contributed by atoms with Crippen molar-refractivity contribution < 1.29 is 19.4 Å². The third-order valence-electron chi connectivity index (χ3n) is 4.62. The van der Waals surface area contributed by atoms with E-state index in [0.717, 1.165) is 18.4 Å². The molecule has 0 fully saturated rings. The van der Waals surface area contributed by atoms with Gasteiger partial charge in [0, 0.05) is 17.4 Å². The maximum Gasteiger partial charge on any atom is 0.341 e. The lowest BCUT2D eigenvalue weighted by Gasteiger charge is -2.22. The molecule has 2 aliphatic rings. The predicted octanol–water partition coefficient (Wildman–Crippen LogP) is 4.34. The minimum atomic E-state index is -1.10. The van der Waals surface area contributed by atoms with Crippen LogP contribution in [0.4, 0.5) is 0 Å². The molecular formula is C17H16Cl2O4. The zero-order chi connectivity index (χ0) is 16.7. The number of ether oxygens (including phenoxy) is 1. The molecule has 0 amide bonds. The first kappa shape index (κ1) is 16.3. The van der Waals surface area contributed by atoms with E-state index < -0.39 is 12.6 Å². The number of benzene rings is 1. The highest BCUT2D eigenvalue weighted by Gasteiger charge is 2.43. The molecule has 0 bridgehead atoms. The maximum atomic E-state index is 12.6. The number of halogens is 2. The molecule has 1 aromatic carbocycles. The van der Waals surface area contributed by atoms with E-state index in [4.69, 9.17) is 33.0 Å². The Labute approximate surface area is 144 Å². The van der Waals surface area contributed by atoms with E-state index in [1.54, 1.807) is 6.07 Å². The Morgan fingerprint density at radius 2 is 2.13 bits per heavy atom. The summed E-state index contributed by atoms with van der Waals surface area (Å²) < 4.78 is 5.24. The number of carboxylic acid groups (broad SMARTS) is 1. The summed E-state index contributed by atoms with van der Waals surface area (Å²) in [6.07, 6.45) is 6.26. The first-order chi connectivity index (χ1) is 10.9. The van der Waals surface area contributed by atoms with E-state index in [0.29, 0.717) is 5.56 Å². The molecule has 0 saturated heterocycles. The van der Waals surface area contributed by atoms with Gasteiger partial charge in [0.1, 0.15) is 10.8 Å². The normalized spacial score (nSPS) is 25.7. The summed E-state index contributed by atoms with van der Waals surface area (Å²) in [5, 5.41) is 9.02. The second kappa shape index (κ2) is 6.17. The maximum absolute atomic E-state index is 12.6. The molecule has 1 N–H and O–H groups in total. The van der Waals surface area contributed by atoms with E-state index in [1.165, 1.54) is 0 Å². The number of Topliss-reactive ketones (excluding diaryl/α,β-unsaturated/α-hetero) is 1. The molecule has 122 valence electrons. The van der Waals surface area contributed by atoms with Crippen LogP contribution in [0.25, 0.3) is 0 Å². The highest BCUT2D eigenvalue weighted by atomic mass is 35.5. The van der Waals surface area contributed by atoms with Crippen molar-refractivity contribution in [2.24, 2.45) is 11.8 Å². The molecule has 0 aromatic heterocycles. The van der Waals surface area contributed by atoms with Crippen LogP contribution in [-0.4, -0.2) is 23.5 Å². The lowest BCUT2D eigenvalue weighted by molar-refractivity contribution is -0.139. The van der Waals surface area contributed by atoms with Gasteiger partial charge in [-0.05, 0) is 30.4 Å². The van der Waals surface area contributed by atoms with Gasteiger partial charge in [0.05, 0.1) is 5.02 Å². The SMILES string of the molecule is CC1C(=O)c2c(cc(OCC(=O)O)c(Cl)c2Cl)C1C1C=CCC1. The van der Waals surface area contributed by atoms with Gasteiger partial charge in [0.15, 0.2) is 12.4 Å². The standard InChI is InChI=1S/C17H16Cl2O4/c1-8-13(9-4-2-3-5-9)10-6-11(23-7-12(20)21)15(18)16(19)14(10)17(8)22/h2,4,6,8-9,13H,3,5,7H2,1H3,(H,20,21). The number of hydrogen-bond donors (Lipinski definition) is 1. The number of aliphatic carboxylic acids is 1. The van der Waals surface area contributed by atoms with Gasteiger partial charge < -0.3 is 9.84 Å². The summed E-state index contributed by atoms with van der Waals surface area (Å²) in [4.78, 5) is 23.3. The van der Waals surface area contributed by atoms with Gasteiger partial charge in [-0.15, -0.1) is 0 Å². The molecule has 0 aliphatic heterocycles. The first-order valence-electron chi connectivity index (χ1n) is 7.49. The van der Waals surface area contributed by atoms with Crippen molar-refractivity contribution in [2.75, 3.05) is 6.61 Å². The zero-order valence-corrected chi connectivity index (χ0v) is 14.0. The Bertz CT molecular complexity index is 711. The van der Waals surface area contributed by atoms with Crippen LogP contribution < -0.4 is 4.74 Å². The number of allylic oxidation sites excluding steroid dienone is 2. The number of carbonyl (C=O) groups is 2. The lowest BCUT2D eigenvalue weighted by atomic mass is 9.81. The summed E-state index contributed by atoms with van der Waals surface area (Å²) in [6.45, 7) is 1.40. The van der Waals surface area contributed by atoms with E-state index in [9.17, 15) is 9.59 Å². The quantitative estimate of drug-likeness (QED) is 0.816. The second-order valence-corrected chi connectivity index (χ2v) is 6.75. The molecule has 0 saturated carbocycles. The largest absolute Gasteiger partial charge is 0.480 e. The minimum absolute atomic E-state index is 0.0121. The fraction of sp³-hybridized carbons (Fsp3) is 0.412. The van der Waals surface area contributed by atoms with Crippen molar-refractivity contribution in [3.63, 3.8) is 0 Å². The van der Waals surface area contributed by atoms with Crippen LogP contribution in [0.3, 0.4) is 0 Å². The molecule has 23 heavy (non-hydrogen) atoms. The molecule has 2 aliphatic carbocycles. The van der Waals surface area contributed by atoms with Crippen LogP contribution in [0.1, 0.15) is 41.6 Å². The van der Waals surface area contributed by atoms with Crippen LogP contribution in [0.2, 0.25) is 10.0 Å². The fourth-order valence-electron chi connectivity index (χ4n) is 3.60. The third kappa shape index (κ3) is 2.74. The van der Waals surface area contributed by atoms with E-state index >= 15 is 0 Å². The Morgan fingerprint density at radius 1 is 1.39 bits per heavy atom. The van der Waals surface area contributed by atoms with Gasteiger partial charge in [0.25, 0.3) is 0 Å². The van der Waals surface area contributed by atoms with Crippen LogP contribution in [-0.2, 0) is 4.79 Å². The van der Waals surface area contributed by atoms with Crippen LogP contribution in [0, 0.1) is 11.8 Å². The highest BCUT2D eigenvalue weighted by Crippen LogP contribution is 2.51. The van der Waals surface area contributed by atoms with Gasteiger partial charge in [0.2, 0.25) is 0 Å². The van der Waals surface area contributed by atoms with E-state index in [-0.39, 0.29) is 39.3 Å². The summed E-state index contributed by atoms with van der Waals surface area (Å²) in [6, 6.07) is 1.69. The minimum Gasteiger partial charge on any atom is -0.480 e. The summed E-state index contributed by atoms with van der Waals surface area (Å²) in [5.74, 6) is -0.773. The Morgan fingerprint density at radius 3 is 2.74 bits per heavy atom. The van der Waals surface area contributed by atoms with Crippen LogP contribution >= 0.6 is 23.2 Å². The molecule has 0 spiro atoms. The van der Waals surface area contributed by atoms with Crippen molar-refractivity contribution in [1.82, 2.24) is 0 Å². The topological polar surface area (TPSA) is 63.6 Å². The Balaban J connectivity index is 2.07. The summed E-state index contributed by atoms with van der Waals surface area (Å²) in [5.41, 5.74) is 1.27. The van der Waals surface area contributed by atoms with Crippen molar-refractivity contribution >= 4 is 35.0 Å². The Kier molecular flexibility index (Phi) is 4.39. The van der Waals surface area contributed by atoms with E-state index in [2.05, 4.69) is 12.2 Å². The second-order valence-electron chi connectivity index (χ2n) is 6.00. The number of ketones is 1. The number of rotatable bonds is 4. The summed E-state index contributed by atoms with van der Waals surface area (Å²) in [7, 11) is 0. The van der Waals surface area contributed by atoms with Gasteiger partial charge >= 0.3 is 5.97 Å². The number of carboxylic acids is 1. The predicted molar refractivity (Wildman–Crippen MR) is 87.7 cm³/mol. The summed E-state index contributed by atoms with van der Waals surface area (Å²) >= 11 is 12.5. The molecule has 1 aromatic rings. The molecule has 4 nitrogen and oxygen atoms in total. The number of carbonyl (C=O) groups excluding carboxylic acids is 1. The van der Waals surface area contributed by atoms with Crippen molar-refractivity contribution in [3.05, 3.63) is 39.4 Å². The molecule has 6 heteroatoms. The average molecular weight is 355 g/mol. The molecule has 3 unspecified atom stereocenters. The molecule has 3 atom stereocenters. The van der Waals surface area contributed by atoms with E-state index in [1.807, 2.05) is 6.92 Å². The molecule has 0 radical (unpaired) electrons. The van der Waals surface area contributed by atoms with Crippen LogP contribution in [0.5, 0.6) is 5.75 Å². The van der Waals surface area contributed by atoms with Gasteiger partial charge in [-0.1, -0.05) is 42.3 Å². The average Bonchev–Trinajstić information content (AvgIpc) is 3.09. The molecule has 0 heterocycles. The van der Waals surface area contributed by atoms with Crippen LogP contribution in [0.15, 0.2) is 18.2 Å². The molecular weight excluding hydrogens is 339 g/mol. The van der Waals surface area contributed by atoms with Crippen molar-refractivity contribution in [3.8, 4) is 5.75 Å². The van der Waals surface area contributed by atoms with Crippen molar-refractivity contribution in [2.45, 2.75) is 25.7 Å². The monoisotopic (exact) mass is 354 g/mol. The Hall–Kier alpha value is -1.52. The zero-order valence-electron chi connectivity index (χ0n) is 12.5.